The van der Waals surface area contributed by atoms with Crippen molar-refractivity contribution in [3.63, 3.8) is 0 Å². The summed E-state index contributed by atoms with van der Waals surface area (Å²) >= 11 is 0. The van der Waals surface area contributed by atoms with Crippen LogP contribution < -0.4 is 0 Å². The van der Waals surface area contributed by atoms with Crippen molar-refractivity contribution in [1.82, 2.24) is 0 Å². The molecule has 0 aromatic heterocycles. The molecule has 0 radical (unpaired) electrons. The fourth-order valence-electron chi connectivity index (χ4n) is 4.52. The van der Waals surface area contributed by atoms with Gasteiger partial charge in [0.25, 0.3) is 0 Å². The number of esters is 1. The second-order valence-electron chi connectivity index (χ2n) is 9.47. The Morgan fingerprint density at radius 2 is 1.88 bits per heavy atom. The summed E-state index contributed by atoms with van der Waals surface area (Å²) in [5.74, 6) is -0.362. The van der Waals surface area contributed by atoms with Gasteiger partial charge in [-0.05, 0) is 56.4 Å². The average Bonchev–Trinajstić information content (AvgIpc) is 3.10. The number of rotatable bonds is 16. The summed E-state index contributed by atoms with van der Waals surface area (Å²) < 4.78 is 5.16. The highest BCUT2D eigenvalue weighted by molar-refractivity contribution is 5.69. The lowest BCUT2D eigenvalue weighted by Crippen LogP contribution is -2.20. The summed E-state index contributed by atoms with van der Waals surface area (Å²) in [7, 11) is 0. The Hall–Kier alpha value is -1.95. The molecule has 190 valence electrons. The first-order valence-electron chi connectivity index (χ1n) is 13.1. The van der Waals surface area contributed by atoms with Crippen LogP contribution >= 0.6 is 0 Å². The Morgan fingerprint density at radius 1 is 1.09 bits per heavy atom. The predicted molar refractivity (Wildman–Crippen MR) is 136 cm³/mol. The van der Waals surface area contributed by atoms with E-state index >= 15 is 0 Å². The van der Waals surface area contributed by atoms with Crippen LogP contribution in [0, 0.1) is 11.8 Å². The van der Waals surface area contributed by atoms with Crippen molar-refractivity contribution >= 4 is 5.97 Å². The Kier molecular flexibility index (Phi) is 13.8. The second kappa shape index (κ2) is 16.6. The Bertz CT molecular complexity index is 729. The number of allylic oxidation sites excluding steroid dienone is 2. The molecule has 1 aromatic rings. The van der Waals surface area contributed by atoms with Gasteiger partial charge in [-0.15, -0.1) is 0 Å². The average molecular weight is 473 g/mol. The van der Waals surface area contributed by atoms with Crippen molar-refractivity contribution in [2.24, 2.45) is 11.8 Å². The molecule has 5 nitrogen and oxygen atoms in total. The summed E-state index contributed by atoms with van der Waals surface area (Å²) in [5, 5.41) is 31.2. The molecule has 2 unspecified atom stereocenters. The van der Waals surface area contributed by atoms with Crippen molar-refractivity contribution in [3.05, 3.63) is 60.2 Å². The number of ether oxygens (including phenoxy) is 1. The van der Waals surface area contributed by atoms with E-state index in [4.69, 9.17) is 4.74 Å². The number of carbonyl (C=O) groups is 1. The largest absolute Gasteiger partial charge is 0.466 e. The molecule has 0 amide bonds. The van der Waals surface area contributed by atoms with E-state index in [-0.39, 0.29) is 17.8 Å². The highest BCUT2D eigenvalue weighted by atomic mass is 16.5. The maximum Gasteiger partial charge on any atom is 0.305 e. The fraction of sp³-hybridized carbons (Fsp3) is 0.621. The van der Waals surface area contributed by atoms with Gasteiger partial charge in [0.1, 0.15) is 0 Å². The minimum absolute atomic E-state index is 0.0632. The SMILES string of the molecule is CCCCOC(=O)CCCC=CCC1C(C=C[C@@H](O)CCCCc2ccccc2)[C@H](O)C[C@@H]1O. The molecule has 2 rings (SSSR count). The van der Waals surface area contributed by atoms with E-state index in [9.17, 15) is 20.1 Å². The number of aliphatic hydroxyl groups excluding tert-OH is 3. The lowest BCUT2D eigenvalue weighted by Gasteiger charge is -2.19. The van der Waals surface area contributed by atoms with E-state index in [1.807, 2.05) is 36.4 Å². The molecule has 5 heteroatoms. The van der Waals surface area contributed by atoms with Crippen LogP contribution in [-0.2, 0) is 16.0 Å². The van der Waals surface area contributed by atoms with E-state index in [1.54, 1.807) is 6.08 Å². The van der Waals surface area contributed by atoms with Crippen molar-refractivity contribution in [2.45, 2.75) is 95.9 Å². The maximum atomic E-state index is 11.6. The van der Waals surface area contributed by atoms with Gasteiger partial charge in [-0.3, -0.25) is 4.79 Å². The summed E-state index contributed by atoms with van der Waals surface area (Å²) in [6.45, 7) is 2.57. The van der Waals surface area contributed by atoms with Gasteiger partial charge >= 0.3 is 5.97 Å². The van der Waals surface area contributed by atoms with Crippen LogP contribution in [0.4, 0.5) is 0 Å². The van der Waals surface area contributed by atoms with Crippen LogP contribution in [0.25, 0.3) is 0 Å². The molecule has 0 saturated heterocycles. The monoisotopic (exact) mass is 472 g/mol. The Balaban J connectivity index is 1.68. The number of benzene rings is 1. The van der Waals surface area contributed by atoms with Crippen molar-refractivity contribution in [1.29, 1.82) is 0 Å². The van der Waals surface area contributed by atoms with Crippen LogP contribution in [0.2, 0.25) is 0 Å². The Morgan fingerprint density at radius 3 is 2.65 bits per heavy atom. The van der Waals surface area contributed by atoms with Crippen molar-refractivity contribution in [2.75, 3.05) is 6.61 Å². The summed E-state index contributed by atoms with van der Waals surface area (Å²) in [5.41, 5.74) is 1.32. The number of hydrogen-bond acceptors (Lipinski definition) is 5. The van der Waals surface area contributed by atoms with E-state index in [1.165, 1.54) is 5.56 Å². The van der Waals surface area contributed by atoms with Crippen LogP contribution in [0.1, 0.15) is 76.7 Å². The van der Waals surface area contributed by atoms with Gasteiger partial charge in [0, 0.05) is 18.8 Å². The molecule has 3 N–H and O–H groups in total. The van der Waals surface area contributed by atoms with Gasteiger partial charge in [0.2, 0.25) is 0 Å². The molecule has 1 aliphatic rings. The topological polar surface area (TPSA) is 87.0 Å². The molecule has 1 aromatic carbocycles. The number of hydrogen-bond donors (Lipinski definition) is 3. The number of unbranched alkanes of at least 4 members (excludes halogenated alkanes) is 3. The minimum atomic E-state index is -0.590. The first-order valence-corrected chi connectivity index (χ1v) is 13.1. The zero-order valence-corrected chi connectivity index (χ0v) is 20.7. The molecule has 0 spiro atoms. The molecule has 0 aliphatic heterocycles. The van der Waals surface area contributed by atoms with E-state index < -0.39 is 18.3 Å². The van der Waals surface area contributed by atoms with Gasteiger partial charge in [0.05, 0.1) is 24.9 Å². The van der Waals surface area contributed by atoms with Crippen LogP contribution in [0.3, 0.4) is 0 Å². The predicted octanol–water partition coefficient (Wildman–Crippen LogP) is 5.13. The molecular formula is C29H44O5. The fourth-order valence-corrected chi connectivity index (χ4v) is 4.52. The first kappa shape index (κ1) is 28.3. The summed E-state index contributed by atoms with van der Waals surface area (Å²) in [4.78, 5) is 11.6. The third kappa shape index (κ3) is 11.0. The standard InChI is InChI=1S/C29H44O5/c1-2-3-21-34-29(33)18-10-5-4-9-17-25-26(28(32)22-27(25)31)20-19-24(30)16-12-11-15-23-13-7-6-8-14-23/h4,6-9,13-14,19-20,24-28,30-32H,2-3,5,10-12,15-18,21-22H2,1H3/t24-,25?,26?,27-,28+/m0/s1. The minimum Gasteiger partial charge on any atom is -0.466 e. The highest BCUT2D eigenvalue weighted by Gasteiger charge is 2.39. The molecular weight excluding hydrogens is 428 g/mol. The van der Waals surface area contributed by atoms with Gasteiger partial charge in [-0.2, -0.15) is 0 Å². The molecule has 1 aliphatic carbocycles. The van der Waals surface area contributed by atoms with Gasteiger partial charge < -0.3 is 20.1 Å². The van der Waals surface area contributed by atoms with Gasteiger partial charge in [-0.1, -0.05) is 74.4 Å². The summed E-state index contributed by atoms with van der Waals surface area (Å²) in [6.07, 6.45) is 14.7. The third-order valence-electron chi connectivity index (χ3n) is 6.62. The van der Waals surface area contributed by atoms with Gasteiger partial charge in [0.15, 0.2) is 0 Å². The Labute approximate surface area is 205 Å². The summed E-state index contributed by atoms with van der Waals surface area (Å²) in [6, 6.07) is 10.4. The number of carbonyl (C=O) groups excluding carboxylic acids is 1. The van der Waals surface area contributed by atoms with E-state index in [0.717, 1.165) is 44.9 Å². The smallest absolute Gasteiger partial charge is 0.305 e. The molecule has 1 saturated carbocycles. The lowest BCUT2D eigenvalue weighted by atomic mass is 9.89. The van der Waals surface area contributed by atoms with Gasteiger partial charge in [-0.25, -0.2) is 0 Å². The third-order valence-corrected chi connectivity index (χ3v) is 6.62. The normalized spacial score (nSPS) is 23.6. The van der Waals surface area contributed by atoms with Crippen molar-refractivity contribution < 1.29 is 24.9 Å². The van der Waals surface area contributed by atoms with E-state index in [0.29, 0.717) is 32.3 Å². The number of aryl methyl sites for hydroxylation is 1. The van der Waals surface area contributed by atoms with Crippen LogP contribution in [0.5, 0.6) is 0 Å². The van der Waals surface area contributed by atoms with E-state index in [2.05, 4.69) is 19.1 Å². The van der Waals surface area contributed by atoms with Crippen LogP contribution in [0.15, 0.2) is 54.6 Å². The lowest BCUT2D eigenvalue weighted by molar-refractivity contribution is -0.143. The first-order chi connectivity index (χ1) is 16.5. The van der Waals surface area contributed by atoms with Crippen LogP contribution in [-0.4, -0.2) is 46.2 Å². The second-order valence-corrected chi connectivity index (χ2v) is 9.47. The molecule has 5 atom stereocenters. The molecule has 0 bridgehead atoms. The number of aliphatic hydroxyl groups is 3. The van der Waals surface area contributed by atoms with Crippen molar-refractivity contribution in [3.8, 4) is 0 Å². The molecule has 0 heterocycles. The zero-order chi connectivity index (χ0) is 24.6. The maximum absolute atomic E-state index is 11.6. The zero-order valence-electron chi connectivity index (χ0n) is 20.7. The molecule has 34 heavy (non-hydrogen) atoms. The molecule has 1 fully saturated rings. The quantitative estimate of drug-likeness (QED) is 0.176. The highest BCUT2D eigenvalue weighted by Crippen LogP contribution is 2.36.